The lowest BCUT2D eigenvalue weighted by Crippen LogP contribution is -1.82. The number of ether oxygens (including phenoxy) is 1. The van der Waals surface area contributed by atoms with Crippen molar-refractivity contribution in [1.29, 1.82) is 0 Å². The van der Waals surface area contributed by atoms with Gasteiger partial charge in [0, 0.05) is 26.4 Å². The number of carboxylic acid groups (broad SMARTS) is 1. The van der Waals surface area contributed by atoms with Crippen molar-refractivity contribution in [3.05, 3.63) is 12.7 Å². The Morgan fingerprint density at radius 3 is 1.83 bits per heavy atom. The Balaban J connectivity index is 0. The fourth-order valence-corrected chi connectivity index (χ4v) is 0.510. The molecule has 1 aliphatic heterocycles. The molecule has 4 heteroatoms. The van der Waals surface area contributed by atoms with Gasteiger partial charge in [-0.25, -0.2) is 4.79 Å². The number of aliphatic hydroxyl groups is 1. The van der Waals surface area contributed by atoms with Crippen LogP contribution in [0.1, 0.15) is 12.8 Å². The zero-order chi connectivity index (χ0) is 9.82. The Morgan fingerprint density at radius 1 is 1.42 bits per heavy atom. The maximum Gasteiger partial charge on any atom is 0.327 e. The van der Waals surface area contributed by atoms with Gasteiger partial charge in [-0.2, -0.15) is 0 Å². The van der Waals surface area contributed by atoms with Gasteiger partial charge in [0.1, 0.15) is 0 Å². The van der Waals surface area contributed by atoms with E-state index in [-0.39, 0.29) is 0 Å². The molecular weight excluding hydrogens is 160 g/mol. The second-order valence-electron chi connectivity index (χ2n) is 1.86. The van der Waals surface area contributed by atoms with Crippen LogP contribution in [0.25, 0.3) is 0 Å². The highest BCUT2D eigenvalue weighted by molar-refractivity contribution is 5.78. The molecule has 72 valence electrons. The van der Waals surface area contributed by atoms with Gasteiger partial charge < -0.3 is 14.9 Å². The Hall–Kier alpha value is -0.870. The molecule has 0 aromatic rings. The summed E-state index contributed by atoms with van der Waals surface area (Å²) < 4.78 is 4.94. The quantitative estimate of drug-likeness (QED) is 0.576. The van der Waals surface area contributed by atoms with Crippen LogP contribution in [0, 0.1) is 0 Å². The van der Waals surface area contributed by atoms with Crippen LogP contribution in [-0.4, -0.2) is 36.5 Å². The largest absolute Gasteiger partial charge is 0.478 e. The van der Waals surface area contributed by atoms with E-state index in [0.29, 0.717) is 0 Å². The molecule has 4 nitrogen and oxygen atoms in total. The molecule has 12 heavy (non-hydrogen) atoms. The van der Waals surface area contributed by atoms with Gasteiger partial charge in [-0.1, -0.05) is 6.58 Å². The second-order valence-corrected chi connectivity index (χ2v) is 1.86. The van der Waals surface area contributed by atoms with Gasteiger partial charge in [0.25, 0.3) is 0 Å². The summed E-state index contributed by atoms with van der Waals surface area (Å²) in [6.45, 7) is 4.96. The predicted octanol–water partition coefficient (Wildman–Crippen LogP) is 0.662. The minimum atomic E-state index is -0.981. The fourth-order valence-electron chi connectivity index (χ4n) is 0.510. The number of carbonyl (C=O) groups is 1. The molecule has 0 unspecified atom stereocenters. The summed E-state index contributed by atoms with van der Waals surface area (Å²) in [5, 5.41) is 14.6. The number of aliphatic hydroxyl groups excluding tert-OH is 1. The molecule has 0 saturated carbocycles. The molecule has 0 aliphatic carbocycles. The molecule has 1 saturated heterocycles. The summed E-state index contributed by atoms with van der Waals surface area (Å²) in [5.41, 5.74) is 0. The highest BCUT2D eigenvalue weighted by Crippen LogP contribution is 1.98. The van der Waals surface area contributed by atoms with E-state index in [2.05, 4.69) is 6.58 Å². The monoisotopic (exact) mass is 176 g/mol. The van der Waals surface area contributed by atoms with E-state index in [1.54, 1.807) is 0 Å². The third-order valence-electron chi connectivity index (χ3n) is 1.00. The number of rotatable bonds is 1. The Kier molecular flexibility index (Phi) is 14.6. The van der Waals surface area contributed by atoms with E-state index in [4.69, 9.17) is 14.9 Å². The van der Waals surface area contributed by atoms with Crippen LogP contribution in [0.3, 0.4) is 0 Å². The minimum Gasteiger partial charge on any atom is -0.478 e. The van der Waals surface area contributed by atoms with Crippen LogP contribution in [-0.2, 0) is 9.53 Å². The summed E-state index contributed by atoms with van der Waals surface area (Å²) in [4.78, 5) is 9.25. The fraction of sp³-hybridized carbons (Fsp3) is 0.625. The van der Waals surface area contributed by atoms with E-state index in [0.717, 1.165) is 26.4 Å². The number of aliphatic carboxylic acids is 1. The van der Waals surface area contributed by atoms with Gasteiger partial charge in [-0.15, -0.1) is 0 Å². The smallest absolute Gasteiger partial charge is 0.327 e. The Bertz CT molecular complexity index is 100. The van der Waals surface area contributed by atoms with Crippen molar-refractivity contribution in [3.63, 3.8) is 0 Å². The maximum absolute atomic E-state index is 9.25. The first-order chi connectivity index (χ1) is 5.77. The molecule has 1 rings (SSSR count). The molecule has 0 spiro atoms. The highest BCUT2D eigenvalue weighted by Gasteiger charge is 1.94. The van der Waals surface area contributed by atoms with E-state index >= 15 is 0 Å². The zero-order valence-electron chi connectivity index (χ0n) is 7.32. The lowest BCUT2D eigenvalue weighted by atomic mass is 10.4. The molecule has 0 bridgehead atoms. The van der Waals surface area contributed by atoms with Gasteiger partial charge >= 0.3 is 5.97 Å². The number of carboxylic acids is 1. The zero-order valence-corrected chi connectivity index (χ0v) is 7.32. The maximum atomic E-state index is 9.25. The van der Waals surface area contributed by atoms with Gasteiger partial charge in [-0.05, 0) is 12.8 Å². The first-order valence-electron chi connectivity index (χ1n) is 3.65. The van der Waals surface area contributed by atoms with Crippen molar-refractivity contribution in [2.45, 2.75) is 12.8 Å². The lowest BCUT2D eigenvalue weighted by Gasteiger charge is -1.76. The first kappa shape index (κ1) is 13.7. The summed E-state index contributed by atoms with van der Waals surface area (Å²) in [6.07, 6.45) is 3.39. The van der Waals surface area contributed by atoms with Crippen molar-refractivity contribution in [2.75, 3.05) is 20.3 Å². The molecule has 2 N–H and O–H groups in total. The van der Waals surface area contributed by atoms with Crippen molar-refractivity contribution < 1.29 is 19.7 Å². The Labute approximate surface area is 72.5 Å². The minimum absolute atomic E-state index is 0.833. The van der Waals surface area contributed by atoms with Crippen molar-refractivity contribution in [2.24, 2.45) is 0 Å². The van der Waals surface area contributed by atoms with E-state index in [1.165, 1.54) is 12.8 Å². The summed E-state index contributed by atoms with van der Waals surface area (Å²) in [6, 6.07) is 0. The number of hydrogen-bond acceptors (Lipinski definition) is 3. The van der Waals surface area contributed by atoms with Crippen LogP contribution in [0.4, 0.5) is 0 Å². The predicted molar refractivity (Wildman–Crippen MR) is 46.0 cm³/mol. The molecule has 1 aliphatic rings. The van der Waals surface area contributed by atoms with Gasteiger partial charge in [0.2, 0.25) is 0 Å². The second kappa shape index (κ2) is 12.8. The summed E-state index contributed by atoms with van der Waals surface area (Å²) >= 11 is 0. The third-order valence-corrected chi connectivity index (χ3v) is 1.00. The average Bonchev–Trinajstić information content (AvgIpc) is 2.65. The third kappa shape index (κ3) is 16.1. The highest BCUT2D eigenvalue weighted by atomic mass is 16.5. The van der Waals surface area contributed by atoms with Crippen molar-refractivity contribution in [3.8, 4) is 0 Å². The molecule has 1 fully saturated rings. The van der Waals surface area contributed by atoms with Crippen LogP contribution >= 0.6 is 0 Å². The molecule has 0 aromatic heterocycles. The standard InChI is InChI=1S/C4H8O.C3H4O2.CH4O/c1-2-4-5-3-1;1-2-3(4)5;1-2/h1-4H2;2H,1H2,(H,4,5);2H,1H3. The summed E-state index contributed by atoms with van der Waals surface area (Å²) in [5.74, 6) is -0.981. The van der Waals surface area contributed by atoms with Crippen LogP contribution in [0.5, 0.6) is 0 Å². The molecule has 0 aromatic carbocycles. The molecule has 0 radical (unpaired) electrons. The van der Waals surface area contributed by atoms with E-state index < -0.39 is 5.97 Å². The molecule has 0 atom stereocenters. The van der Waals surface area contributed by atoms with E-state index in [9.17, 15) is 4.79 Å². The van der Waals surface area contributed by atoms with Crippen LogP contribution in [0.2, 0.25) is 0 Å². The van der Waals surface area contributed by atoms with Gasteiger partial charge in [-0.3, -0.25) is 0 Å². The average molecular weight is 176 g/mol. The van der Waals surface area contributed by atoms with Gasteiger partial charge in [0.15, 0.2) is 0 Å². The molecule has 1 heterocycles. The SMILES string of the molecule is C1CCOC1.C=CC(=O)O.CO. The lowest BCUT2D eigenvalue weighted by molar-refractivity contribution is -0.131. The normalized spacial score (nSPS) is 13.2. The topological polar surface area (TPSA) is 66.8 Å². The molecule has 0 amide bonds. The van der Waals surface area contributed by atoms with Crippen LogP contribution in [0.15, 0.2) is 12.7 Å². The first-order valence-corrected chi connectivity index (χ1v) is 3.65. The van der Waals surface area contributed by atoms with Crippen LogP contribution < -0.4 is 0 Å². The number of hydrogen-bond donors (Lipinski definition) is 2. The molecular formula is C8H16O4. The Morgan fingerprint density at radius 2 is 1.75 bits per heavy atom. The summed E-state index contributed by atoms with van der Waals surface area (Å²) in [7, 11) is 1.00. The van der Waals surface area contributed by atoms with E-state index in [1.807, 2.05) is 0 Å². The van der Waals surface area contributed by atoms with Gasteiger partial charge in [0.05, 0.1) is 0 Å². The van der Waals surface area contributed by atoms with Crippen molar-refractivity contribution in [1.82, 2.24) is 0 Å². The van der Waals surface area contributed by atoms with Crippen molar-refractivity contribution >= 4 is 5.97 Å².